The predicted molar refractivity (Wildman–Crippen MR) is 55.2 cm³/mol. The SMILES string of the molecule is CCOC(=O)CCNC(CC)COC. The van der Waals surface area contributed by atoms with Gasteiger partial charge in [0.25, 0.3) is 0 Å². The molecular formula is C10H21NO3. The molecule has 0 rings (SSSR count). The van der Waals surface area contributed by atoms with E-state index in [0.29, 0.717) is 32.2 Å². The summed E-state index contributed by atoms with van der Waals surface area (Å²) >= 11 is 0. The Morgan fingerprint density at radius 1 is 1.43 bits per heavy atom. The van der Waals surface area contributed by atoms with E-state index in [1.54, 1.807) is 7.11 Å². The van der Waals surface area contributed by atoms with E-state index >= 15 is 0 Å². The average molecular weight is 203 g/mol. The zero-order valence-electron chi connectivity index (χ0n) is 9.34. The van der Waals surface area contributed by atoms with E-state index in [0.717, 1.165) is 6.42 Å². The van der Waals surface area contributed by atoms with Crippen molar-refractivity contribution < 1.29 is 14.3 Å². The van der Waals surface area contributed by atoms with Crippen molar-refractivity contribution in [3.05, 3.63) is 0 Å². The molecule has 0 aromatic heterocycles. The largest absolute Gasteiger partial charge is 0.466 e. The second-order valence-corrected chi connectivity index (χ2v) is 3.07. The number of hydrogen-bond donors (Lipinski definition) is 1. The zero-order valence-corrected chi connectivity index (χ0v) is 9.34. The minimum atomic E-state index is -0.146. The number of rotatable bonds is 8. The van der Waals surface area contributed by atoms with E-state index in [2.05, 4.69) is 12.2 Å². The van der Waals surface area contributed by atoms with Gasteiger partial charge in [-0.05, 0) is 13.3 Å². The van der Waals surface area contributed by atoms with Crippen LogP contribution in [0.25, 0.3) is 0 Å². The van der Waals surface area contributed by atoms with E-state index < -0.39 is 0 Å². The summed E-state index contributed by atoms with van der Waals surface area (Å²) in [6, 6.07) is 0.328. The van der Waals surface area contributed by atoms with Gasteiger partial charge in [0.1, 0.15) is 0 Å². The fourth-order valence-corrected chi connectivity index (χ4v) is 1.13. The summed E-state index contributed by atoms with van der Waals surface area (Å²) in [5.41, 5.74) is 0. The Hall–Kier alpha value is -0.610. The van der Waals surface area contributed by atoms with Gasteiger partial charge in [0, 0.05) is 19.7 Å². The Labute approximate surface area is 86.0 Å². The fraction of sp³-hybridized carbons (Fsp3) is 0.900. The molecule has 14 heavy (non-hydrogen) atoms. The Morgan fingerprint density at radius 2 is 2.14 bits per heavy atom. The van der Waals surface area contributed by atoms with E-state index in [-0.39, 0.29) is 5.97 Å². The highest BCUT2D eigenvalue weighted by Gasteiger charge is 2.06. The van der Waals surface area contributed by atoms with Gasteiger partial charge in [-0.15, -0.1) is 0 Å². The van der Waals surface area contributed by atoms with Crippen molar-refractivity contribution in [2.24, 2.45) is 0 Å². The molecule has 0 bridgehead atoms. The van der Waals surface area contributed by atoms with Crippen molar-refractivity contribution in [1.82, 2.24) is 5.32 Å². The maximum absolute atomic E-state index is 11.0. The van der Waals surface area contributed by atoms with E-state index in [1.807, 2.05) is 6.92 Å². The Balaban J connectivity index is 3.45. The third-order valence-corrected chi connectivity index (χ3v) is 1.93. The van der Waals surface area contributed by atoms with Crippen LogP contribution in [0.4, 0.5) is 0 Å². The fourth-order valence-electron chi connectivity index (χ4n) is 1.13. The molecule has 0 amide bonds. The third-order valence-electron chi connectivity index (χ3n) is 1.93. The summed E-state index contributed by atoms with van der Waals surface area (Å²) in [7, 11) is 1.68. The van der Waals surface area contributed by atoms with E-state index in [4.69, 9.17) is 9.47 Å². The Kier molecular flexibility index (Phi) is 8.57. The summed E-state index contributed by atoms with van der Waals surface area (Å²) in [6.07, 6.45) is 1.42. The standard InChI is InChI=1S/C10H21NO3/c1-4-9(8-13-3)11-7-6-10(12)14-5-2/h9,11H,4-8H2,1-3H3. The summed E-state index contributed by atoms with van der Waals surface area (Å²) in [4.78, 5) is 11.0. The number of methoxy groups -OCH3 is 1. The quantitative estimate of drug-likeness (QED) is 0.597. The molecule has 4 heteroatoms. The molecule has 1 N–H and O–H groups in total. The monoisotopic (exact) mass is 203 g/mol. The smallest absolute Gasteiger partial charge is 0.307 e. The van der Waals surface area contributed by atoms with Gasteiger partial charge < -0.3 is 14.8 Å². The second-order valence-electron chi connectivity index (χ2n) is 3.07. The molecule has 0 aliphatic carbocycles. The first-order valence-electron chi connectivity index (χ1n) is 5.12. The van der Waals surface area contributed by atoms with Gasteiger partial charge in [0.2, 0.25) is 0 Å². The lowest BCUT2D eigenvalue weighted by atomic mass is 10.2. The lowest BCUT2D eigenvalue weighted by molar-refractivity contribution is -0.143. The first-order valence-corrected chi connectivity index (χ1v) is 5.12. The summed E-state index contributed by atoms with van der Waals surface area (Å²) < 4.78 is 9.83. The number of nitrogens with one attached hydrogen (secondary N) is 1. The van der Waals surface area contributed by atoms with Gasteiger partial charge in [0.05, 0.1) is 19.6 Å². The summed E-state index contributed by atoms with van der Waals surface area (Å²) in [5.74, 6) is -0.146. The second kappa shape index (κ2) is 8.97. The Bertz CT molecular complexity index is 150. The maximum atomic E-state index is 11.0. The number of hydrogen-bond acceptors (Lipinski definition) is 4. The molecule has 0 aliphatic rings. The van der Waals surface area contributed by atoms with Crippen LogP contribution in [0.1, 0.15) is 26.7 Å². The molecule has 1 atom stereocenters. The molecule has 0 spiro atoms. The van der Waals surface area contributed by atoms with Crippen LogP contribution >= 0.6 is 0 Å². The van der Waals surface area contributed by atoms with Crippen molar-refractivity contribution in [2.45, 2.75) is 32.7 Å². The van der Waals surface area contributed by atoms with Crippen molar-refractivity contribution in [3.63, 3.8) is 0 Å². The molecule has 0 aliphatic heterocycles. The van der Waals surface area contributed by atoms with Gasteiger partial charge in [-0.3, -0.25) is 4.79 Å². The minimum absolute atomic E-state index is 0.146. The number of carbonyl (C=O) groups is 1. The molecule has 0 aromatic carbocycles. The average Bonchev–Trinajstić information content (AvgIpc) is 2.17. The summed E-state index contributed by atoms with van der Waals surface area (Å²) in [6.45, 7) is 5.68. The molecule has 0 saturated carbocycles. The molecule has 0 fully saturated rings. The normalized spacial score (nSPS) is 12.5. The molecule has 84 valence electrons. The van der Waals surface area contributed by atoms with Crippen LogP contribution in [-0.4, -0.2) is 38.9 Å². The van der Waals surface area contributed by atoms with Crippen molar-refractivity contribution in [3.8, 4) is 0 Å². The van der Waals surface area contributed by atoms with Crippen LogP contribution < -0.4 is 5.32 Å². The highest BCUT2D eigenvalue weighted by molar-refractivity contribution is 5.69. The molecule has 0 saturated heterocycles. The van der Waals surface area contributed by atoms with Crippen molar-refractivity contribution in [2.75, 3.05) is 26.9 Å². The van der Waals surface area contributed by atoms with Crippen LogP contribution in [-0.2, 0) is 14.3 Å². The minimum Gasteiger partial charge on any atom is -0.466 e. The number of carbonyl (C=O) groups excluding carboxylic acids is 1. The molecule has 4 nitrogen and oxygen atoms in total. The molecule has 0 radical (unpaired) electrons. The van der Waals surface area contributed by atoms with Crippen LogP contribution in [0, 0.1) is 0 Å². The van der Waals surface area contributed by atoms with Gasteiger partial charge in [-0.1, -0.05) is 6.92 Å². The van der Waals surface area contributed by atoms with Gasteiger partial charge in [-0.25, -0.2) is 0 Å². The molecule has 0 heterocycles. The highest BCUT2D eigenvalue weighted by atomic mass is 16.5. The van der Waals surface area contributed by atoms with Crippen molar-refractivity contribution in [1.29, 1.82) is 0 Å². The Morgan fingerprint density at radius 3 is 2.64 bits per heavy atom. The van der Waals surface area contributed by atoms with Crippen LogP contribution in [0.3, 0.4) is 0 Å². The molecule has 0 aromatic rings. The lowest BCUT2D eigenvalue weighted by Crippen LogP contribution is -2.34. The summed E-state index contributed by atoms with van der Waals surface area (Å²) in [5, 5.41) is 3.23. The van der Waals surface area contributed by atoms with Crippen molar-refractivity contribution >= 4 is 5.97 Å². The maximum Gasteiger partial charge on any atom is 0.307 e. The molecule has 1 unspecified atom stereocenters. The first-order chi connectivity index (χ1) is 6.74. The number of esters is 1. The number of ether oxygens (including phenoxy) is 2. The zero-order chi connectivity index (χ0) is 10.8. The molecular weight excluding hydrogens is 182 g/mol. The van der Waals surface area contributed by atoms with Gasteiger partial charge >= 0.3 is 5.97 Å². The van der Waals surface area contributed by atoms with Gasteiger partial charge in [0.15, 0.2) is 0 Å². The van der Waals surface area contributed by atoms with E-state index in [9.17, 15) is 4.79 Å². The van der Waals surface area contributed by atoms with Gasteiger partial charge in [-0.2, -0.15) is 0 Å². The predicted octanol–water partition coefficient (Wildman–Crippen LogP) is 0.954. The lowest BCUT2D eigenvalue weighted by Gasteiger charge is -2.15. The van der Waals surface area contributed by atoms with Crippen LogP contribution in [0.2, 0.25) is 0 Å². The van der Waals surface area contributed by atoms with E-state index in [1.165, 1.54) is 0 Å². The third kappa shape index (κ3) is 6.86. The highest BCUT2D eigenvalue weighted by Crippen LogP contribution is 1.92. The first kappa shape index (κ1) is 13.4. The van der Waals surface area contributed by atoms with Crippen LogP contribution in [0.5, 0.6) is 0 Å². The topological polar surface area (TPSA) is 47.6 Å². The van der Waals surface area contributed by atoms with Crippen LogP contribution in [0.15, 0.2) is 0 Å².